The summed E-state index contributed by atoms with van der Waals surface area (Å²) in [4.78, 5) is 2.46. The normalized spacial score (nSPS) is 21.9. The second-order valence-corrected chi connectivity index (χ2v) is 5.13. The highest BCUT2D eigenvalue weighted by molar-refractivity contribution is 5.42. The predicted molar refractivity (Wildman–Crippen MR) is 71.5 cm³/mol. The van der Waals surface area contributed by atoms with E-state index in [-0.39, 0.29) is 0 Å². The fraction of sp³-hybridized carbons (Fsp3) is 0.769. The molecular formula is C13H24N4. The molecule has 1 aliphatic heterocycles. The minimum Gasteiger partial charge on any atom is -0.367 e. The third-order valence-corrected chi connectivity index (χ3v) is 3.45. The molecular weight excluding hydrogens is 212 g/mol. The molecule has 1 N–H and O–H groups in total. The van der Waals surface area contributed by atoms with Gasteiger partial charge in [0.2, 0.25) is 0 Å². The Bertz CT molecular complexity index is 345. The van der Waals surface area contributed by atoms with Crippen molar-refractivity contribution >= 4 is 5.69 Å². The van der Waals surface area contributed by atoms with Gasteiger partial charge in [-0.05, 0) is 33.2 Å². The minimum atomic E-state index is 0.441. The minimum absolute atomic E-state index is 0.441. The number of aromatic nitrogens is 2. The van der Waals surface area contributed by atoms with Gasteiger partial charge in [-0.15, -0.1) is 0 Å². The average Bonchev–Trinajstić information content (AvgIpc) is 2.69. The van der Waals surface area contributed by atoms with E-state index in [9.17, 15) is 0 Å². The van der Waals surface area contributed by atoms with E-state index in [1.54, 1.807) is 0 Å². The van der Waals surface area contributed by atoms with Crippen LogP contribution in [0.2, 0.25) is 0 Å². The Balaban J connectivity index is 2.08. The second-order valence-electron chi connectivity index (χ2n) is 5.13. The van der Waals surface area contributed by atoms with Crippen LogP contribution in [0, 0.1) is 0 Å². The van der Waals surface area contributed by atoms with Crippen LogP contribution in [0.15, 0.2) is 12.4 Å². The molecule has 0 aromatic carbocycles. The Morgan fingerprint density at radius 1 is 1.53 bits per heavy atom. The molecule has 1 saturated heterocycles. The zero-order chi connectivity index (χ0) is 12.3. The summed E-state index contributed by atoms with van der Waals surface area (Å²) in [5, 5.41) is 8.02. The molecule has 4 nitrogen and oxygen atoms in total. The van der Waals surface area contributed by atoms with Crippen LogP contribution in [0.3, 0.4) is 0 Å². The maximum absolute atomic E-state index is 4.43. The van der Waals surface area contributed by atoms with Crippen molar-refractivity contribution in [3.05, 3.63) is 12.4 Å². The molecule has 2 heterocycles. The van der Waals surface area contributed by atoms with E-state index in [4.69, 9.17) is 0 Å². The van der Waals surface area contributed by atoms with Crippen LogP contribution < -0.4 is 10.2 Å². The number of nitrogens with zero attached hydrogens (tertiary/aromatic N) is 3. The predicted octanol–water partition coefficient (Wildman–Crippen LogP) is 2.04. The van der Waals surface area contributed by atoms with Gasteiger partial charge in [-0.25, -0.2) is 0 Å². The Morgan fingerprint density at radius 2 is 2.35 bits per heavy atom. The quantitative estimate of drug-likeness (QED) is 0.872. The fourth-order valence-electron chi connectivity index (χ4n) is 2.28. The summed E-state index contributed by atoms with van der Waals surface area (Å²) >= 11 is 0. The van der Waals surface area contributed by atoms with Gasteiger partial charge in [0.15, 0.2) is 0 Å². The fourth-order valence-corrected chi connectivity index (χ4v) is 2.28. The molecule has 4 heteroatoms. The van der Waals surface area contributed by atoms with Gasteiger partial charge in [-0.3, -0.25) is 4.68 Å². The molecule has 17 heavy (non-hydrogen) atoms. The molecule has 2 rings (SSSR count). The van der Waals surface area contributed by atoms with Crippen LogP contribution in [0.1, 0.15) is 39.7 Å². The third kappa shape index (κ3) is 3.00. The van der Waals surface area contributed by atoms with Gasteiger partial charge in [0.05, 0.1) is 11.9 Å². The molecule has 1 aliphatic rings. The highest BCUT2D eigenvalue weighted by Gasteiger charge is 2.17. The van der Waals surface area contributed by atoms with Crippen molar-refractivity contribution in [3.8, 4) is 0 Å². The molecule has 1 fully saturated rings. The first-order valence-electron chi connectivity index (χ1n) is 6.73. The zero-order valence-electron chi connectivity index (χ0n) is 11.2. The van der Waals surface area contributed by atoms with Gasteiger partial charge in [0.1, 0.15) is 0 Å². The Kier molecular flexibility index (Phi) is 4.05. The first kappa shape index (κ1) is 12.4. The number of nitrogens with one attached hydrogen (secondary N) is 1. The van der Waals surface area contributed by atoms with Crippen LogP contribution >= 0.6 is 0 Å². The number of rotatable bonds is 3. The van der Waals surface area contributed by atoms with Crippen molar-refractivity contribution in [2.45, 2.75) is 45.7 Å². The monoisotopic (exact) mass is 236 g/mol. The molecule has 0 amide bonds. The molecule has 0 radical (unpaired) electrons. The van der Waals surface area contributed by atoms with Crippen LogP contribution in [0.4, 0.5) is 5.69 Å². The van der Waals surface area contributed by atoms with E-state index in [1.165, 1.54) is 18.5 Å². The second kappa shape index (κ2) is 5.54. The maximum atomic E-state index is 4.43. The standard InChI is InChI=1S/C13H24N4/c1-4-12-9-16(7-5-6-14-12)13-8-15-17(10-13)11(2)3/h8,10-12,14H,4-7,9H2,1-3H3. The number of hydrogen-bond acceptors (Lipinski definition) is 3. The third-order valence-electron chi connectivity index (χ3n) is 3.45. The lowest BCUT2D eigenvalue weighted by atomic mass is 10.2. The number of hydrogen-bond donors (Lipinski definition) is 1. The molecule has 1 aromatic heterocycles. The van der Waals surface area contributed by atoms with Crippen LogP contribution in [0.5, 0.6) is 0 Å². The van der Waals surface area contributed by atoms with Gasteiger partial charge in [-0.1, -0.05) is 6.92 Å². The average molecular weight is 236 g/mol. The van der Waals surface area contributed by atoms with Crippen molar-refractivity contribution < 1.29 is 0 Å². The van der Waals surface area contributed by atoms with E-state index in [1.807, 2.05) is 10.9 Å². The number of anilines is 1. The van der Waals surface area contributed by atoms with Crippen molar-refractivity contribution in [1.29, 1.82) is 0 Å². The molecule has 0 aliphatic carbocycles. The Hall–Kier alpha value is -1.03. The van der Waals surface area contributed by atoms with Crippen molar-refractivity contribution in [1.82, 2.24) is 15.1 Å². The summed E-state index contributed by atoms with van der Waals surface area (Å²) in [7, 11) is 0. The molecule has 0 bridgehead atoms. The van der Waals surface area contributed by atoms with E-state index >= 15 is 0 Å². The summed E-state index contributed by atoms with van der Waals surface area (Å²) in [6.45, 7) is 9.94. The van der Waals surface area contributed by atoms with E-state index in [0.717, 1.165) is 19.6 Å². The lowest BCUT2D eigenvalue weighted by Crippen LogP contribution is -2.37. The maximum Gasteiger partial charge on any atom is 0.0753 e. The zero-order valence-corrected chi connectivity index (χ0v) is 11.2. The van der Waals surface area contributed by atoms with E-state index in [2.05, 4.69) is 42.3 Å². The highest BCUT2D eigenvalue weighted by Crippen LogP contribution is 2.18. The van der Waals surface area contributed by atoms with Crippen molar-refractivity contribution in [2.24, 2.45) is 0 Å². The molecule has 96 valence electrons. The summed E-state index contributed by atoms with van der Waals surface area (Å²) in [6, 6.07) is 1.05. The lowest BCUT2D eigenvalue weighted by Gasteiger charge is -2.24. The lowest BCUT2D eigenvalue weighted by molar-refractivity contribution is 0.526. The largest absolute Gasteiger partial charge is 0.367 e. The Labute approximate surface area is 104 Å². The Morgan fingerprint density at radius 3 is 3.00 bits per heavy atom. The van der Waals surface area contributed by atoms with Gasteiger partial charge >= 0.3 is 0 Å². The SMILES string of the molecule is CCC1CN(c2cnn(C(C)C)c2)CCCN1. The first-order chi connectivity index (χ1) is 8.20. The summed E-state index contributed by atoms with van der Waals surface area (Å²) < 4.78 is 2.04. The molecule has 0 spiro atoms. The molecule has 1 unspecified atom stereocenters. The van der Waals surface area contributed by atoms with Crippen LogP contribution in [0.25, 0.3) is 0 Å². The summed E-state index contributed by atoms with van der Waals surface area (Å²) in [5.41, 5.74) is 1.26. The molecule has 0 saturated carbocycles. The summed E-state index contributed by atoms with van der Waals surface area (Å²) in [6.07, 6.45) is 6.57. The van der Waals surface area contributed by atoms with Gasteiger partial charge in [0, 0.05) is 31.4 Å². The van der Waals surface area contributed by atoms with E-state index in [0.29, 0.717) is 12.1 Å². The first-order valence-corrected chi connectivity index (χ1v) is 6.73. The van der Waals surface area contributed by atoms with Crippen molar-refractivity contribution in [3.63, 3.8) is 0 Å². The van der Waals surface area contributed by atoms with Crippen molar-refractivity contribution in [2.75, 3.05) is 24.5 Å². The summed E-state index contributed by atoms with van der Waals surface area (Å²) in [5.74, 6) is 0. The van der Waals surface area contributed by atoms with Crippen LogP contribution in [-0.4, -0.2) is 35.5 Å². The topological polar surface area (TPSA) is 33.1 Å². The van der Waals surface area contributed by atoms with Gasteiger partial charge in [-0.2, -0.15) is 5.10 Å². The van der Waals surface area contributed by atoms with Gasteiger partial charge in [0.25, 0.3) is 0 Å². The van der Waals surface area contributed by atoms with E-state index < -0.39 is 0 Å². The smallest absolute Gasteiger partial charge is 0.0753 e. The van der Waals surface area contributed by atoms with Crippen LogP contribution in [-0.2, 0) is 0 Å². The van der Waals surface area contributed by atoms with Gasteiger partial charge < -0.3 is 10.2 Å². The highest BCUT2D eigenvalue weighted by atomic mass is 15.3. The molecule has 1 aromatic rings. The molecule has 1 atom stereocenters.